The first-order chi connectivity index (χ1) is 12.3. The Morgan fingerprint density at radius 1 is 1.38 bits per heavy atom. The van der Waals surface area contributed by atoms with Gasteiger partial charge in [-0.05, 0) is 34.0 Å². The van der Waals surface area contributed by atoms with Gasteiger partial charge in [0.2, 0.25) is 11.8 Å². The number of halogens is 1. The van der Waals surface area contributed by atoms with Crippen LogP contribution < -0.4 is 14.8 Å². The van der Waals surface area contributed by atoms with Crippen molar-refractivity contribution in [3.8, 4) is 5.88 Å². The highest BCUT2D eigenvalue weighted by atomic mass is 79.9. The lowest BCUT2D eigenvalue weighted by Crippen LogP contribution is -2.35. The fourth-order valence-electron chi connectivity index (χ4n) is 2.48. The number of amides is 2. The van der Waals surface area contributed by atoms with Crippen molar-refractivity contribution in [1.29, 1.82) is 0 Å². The SMILES string of the molecule is COc1cc(Br)nc(NC(=O)NS(=O)(=O)c2cccc3c2SC(C)C3)n1. The largest absolute Gasteiger partial charge is 0.481 e. The minimum atomic E-state index is -4.04. The molecule has 0 saturated heterocycles. The van der Waals surface area contributed by atoms with Gasteiger partial charge in [-0.15, -0.1) is 11.8 Å². The molecule has 0 spiro atoms. The number of anilines is 1. The van der Waals surface area contributed by atoms with Crippen LogP contribution in [0.4, 0.5) is 10.7 Å². The Balaban J connectivity index is 1.80. The Morgan fingerprint density at radius 3 is 2.88 bits per heavy atom. The van der Waals surface area contributed by atoms with Gasteiger partial charge in [0.1, 0.15) is 9.50 Å². The first-order valence-corrected chi connectivity index (χ1v) is 10.6. The zero-order valence-corrected chi connectivity index (χ0v) is 17.0. The summed E-state index contributed by atoms with van der Waals surface area (Å²) >= 11 is 4.64. The smallest absolute Gasteiger partial charge is 0.335 e. The third kappa shape index (κ3) is 4.10. The fourth-order valence-corrected chi connectivity index (χ4v) is 5.51. The number of methoxy groups -OCH3 is 1. The van der Waals surface area contributed by atoms with Crippen molar-refractivity contribution in [2.75, 3.05) is 12.4 Å². The van der Waals surface area contributed by atoms with E-state index in [-0.39, 0.29) is 22.0 Å². The number of rotatable bonds is 4. The molecule has 0 fully saturated rings. The van der Waals surface area contributed by atoms with E-state index in [0.29, 0.717) is 9.50 Å². The number of ether oxygens (including phenoxy) is 1. The van der Waals surface area contributed by atoms with Crippen molar-refractivity contribution in [3.63, 3.8) is 0 Å². The number of nitrogens with one attached hydrogen (secondary N) is 2. The number of carbonyl (C=O) groups is 1. The average molecular weight is 459 g/mol. The Labute approximate surface area is 163 Å². The molecule has 26 heavy (non-hydrogen) atoms. The van der Waals surface area contributed by atoms with Gasteiger partial charge in [0.05, 0.1) is 7.11 Å². The number of hydrogen-bond acceptors (Lipinski definition) is 7. The van der Waals surface area contributed by atoms with Crippen molar-refractivity contribution in [2.45, 2.75) is 28.4 Å². The second-order valence-corrected chi connectivity index (χ2v) is 9.41. The molecule has 0 aliphatic carbocycles. The van der Waals surface area contributed by atoms with Crippen molar-refractivity contribution >= 4 is 49.7 Å². The summed E-state index contributed by atoms with van der Waals surface area (Å²) in [5.74, 6) is 0.126. The number of hydrogen-bond donors (Lipinski definition) is 2. The van der Waals surface area contributed by atoms with Gasteiger partial charge in [-0.1, -0.05) is 19.1 Å². The molecule has 1 aliphatic rings. The third-order valence-electron chi connectivity index (χ3n) is 3.51. The minimum absolute atomic E-state index is 0.0900. The second-order valence-electron chi connectivity index (χ2n) is 5.49. The Bertz CT molecular complexity index is 968. The minimum Gasteiger partial charge on any atom is -0.481 e. The third-order valence-corrected chi connectivity index (χ3v) is 6.70. The van der Waals surface area contributed by atoms with Crippen LogP contribution >= 0.6 is 27.7 Å². The lowest BCUT2D eigenvalue weighted by Gasteiger charge is -2.11. The van der Waals surface area contributed by atoms with Gasteiger partial charge in [-0.3, -0.25) is 5.32 Å². The molecular formula is C15H15BrN4O4S2. The number of sulfonamides is 1. The molecule has 8 nitrogen and oxygen atoms in total. The predicted molar refractivity (Wildman–Crippen MR) is 101 cm³/mol. The van der Waals surface area contributed by atoms with Gasteiger partial charge in [0.15, 0.2) is 0 Å². The van der Waals surface area contributed by atoms with Crippen LogP contribution in [0.25, 0.3) is 0 Å². The van der Waals surface area contributed by atoms with Crippen LogP contribution in [0, 0.1) is 0 Å². The molecule has 2 aromatic rings. The maximum Gasteiger partial charge on any atom is 0.335 e. The Kier molecular flexibility index (Phi) is 5.39. The van der Waals surface area contributed by atoms with Crippen LogP contribution in [0.3, 0.4) is 0 Å². The van der Waals surface area contributed by atoms with E-state index in [2.05, 4.69) is 31.2 Å². The molecule has 1 aromatic carbocycles. The summed E-state index contributed by atoms with van der Waals surface area (Å²) in [6, 6.07) is 5.60. The summed E-state index contributed by atoms with van der Waals surface area (Å²) in [6.45, 7) is 2.03. The molecule has 2 N–H and O–H groups in total. The number of nitrogens with zero attached hydrogens (tertiary/aromatic N) is 2. The molecule has 11 heteroatoms. The summed E-state index contributed by atoms with van der Waals surface area (Å²) in [5.41, 5.74) is 0.964. The van der Waals surface area contributed by atoms with E-state index in [0.717, 1.165) is 12.0 Å². The first-order valence-electron chi connectivity index (χ1n) is 7.49. The summed E-state index contributed by atoms with van der Waals surface area (Å²) in [7, 11) is -2.62. The fraction of sp³-hybridized carbons (Fsp3) is 0.267. The van der Waals surface area contributed by atoms with E-state index in [4.69, 9.17) is 4.74 Å². The highest BCUT2D eigenvalue weighted by Gasteiger charge is 2.28. The van der Waals surface area contributed by atoms with Gasteiger partial charge < -0.3 is 4.74 Å². The average Bonchev–Trinajstić information content (AvgIpc) is 2.93. The van der Waals surface area contributed by atoms with Crippen LogP contribution in [0.2, 0.25) is 0 Å². The molecule has 2 amide bonds. The number of benzene rings is 1. The van der Waals surface area contributed by atoms with E-state index >= 15 is 0 Å². The lowest BCUT2D eigenvalue weighted by atomic mass is 10.1. The number of fused-ring (bicyclic) bond motifs is 1. The molecule has 1 unspecified atom stereocenters. The summed E-state index contributed by atoms with van der Waals surface area (Å²) < 4.78 is 32.6. The van der Waals surface area contributed by atoms with E-state index < -0.39 is 16.1 Å². The number of urea groups is 1. The van der Waals surface area contributed by atoms with Crippen molar-refractivity contribution in [1.82, 2.24) is 14.7 Å². The molecule has 2 heterocycles. The lowest BCUT2D eigenvalue weighted by molar-refractivity contribution is 0.256. The van der Waals surface area contributed by atoms with E-state index in [9.17, 15) is 13.2 Å². The van der Waals surface area contributed by atoms with Crippen molar-refractivity contribution < 1.29 is 17.9 Å². The van der Waals surface area contributed by atoms with Gasteiger partial charge >= 0.3 is 6.03 Å². The van der Waals surface area contributed by atoms with Crippen molar-refractivity contribution in [2.24, 2.45) is 0 Å². The predicted octanol–water partition coefficient (Wildman–Crippen LogP) is 2.79. The first kappa shape index (κ1) is 18.9. The quantitative estimate of drug-likeness (QED) is 0.677. The topological polar surface area (TPSA) is 110 Å². The molecule has 0 radical (unpaired) electrons. The number of thioether (sulfide) groups is 1. The van der Waals surface area contributed by atoms with Crippen molar-refractivity contribution in [3.05, 3.63) is 34.4 Å². The van der Waals surface area contributed by atoms with E-state index in [1.54, 1.807) is 6.07 Å². The molecule has 1 atom stereocenters. The zero-order chi connectivity index (χ0) is 18.9. The monoisotopic (exact) mass is 458 g/mol. The standard InChI is InChI=1S/C15H15BrN4O4S2/c1-8-6-9-4-3-5-10(13(9)25-8)26(22,23)20-15(21)19-14-17-11(16)7-12(18-14)24-2/h3-5,7-8H,6H2,1-2H3,(H2,17,18,19,20,21). The number of aromatic nitrogens is 2. The van der Waals surface area contributed by atoms with Gasteiger partial charge in [-0.25, -0.2) is 22.9 Å². The van der Waals surface area contributed by atoms with Crippen LogP contribution in [-0.4, -0.2) is 36.8 Å². The van der Waals surface area contributed by atoms with Gasteiger partial charge in [-0.2, -0.15) is 4.98 Å². The second kappa shape index (κ2) is 7.41. The van der Waals surface area contributed by atoms with Crippen LogP contribution in [-0.2, 0) is 16.4 Å². The van der Waals surface area contributed by atoms with Crippen LogP contribution in [0.5, 0.6) is 5.88 Å². The van der Waals surface area contributed by atoms with E-state index in [1.165, 1.54) is 31.0 Å². The summed E-state index contributed by atoms with van der Waals surface area (Å²) in [6.07, 6.45) is 0.793. The molecule has 0 saturated carbocycles. The molecule has 1 aromatic heterocycles. The highest BCUT2D eigenvalue weighted by molar-refractivity contribution is 9.10. The van der Waals surface area contributed by atoms with Crippen LogP contribution in [0.15, 0.2) is 38.7 Å². The Morgan fingerprint density at radius 2 is 2.15 bits per heavy atom. The van der Waals surface area contributed by atoms with Gasteiger partial charge in [0.25, 0.3) is 10.0 Å². The van der Waals surface area contributed by atoms with E-state index in [1.807, 2.05) is 17.7 Å². The molecule has 0 bridgehead atoms. The Hall–Kier alpha value is -1.85. The molecule has 138 valence electrons. The summed E-state index contributed by atoms with van der Waals surface area (Å²) in [4.78, 5) is 20.8. The number of carbonyl (C=O) groups excluding carboxylic acids is 1. The zero-order valence-electron chi connectivity index (χ0n) is 13.8. The maximum atomic E-state index is 12.6. The molecule has 1 aliphatic heterocycles. The molecular weight excluding hydrogens is 444 g/mol. The van der Waals surface area contributed by atoms with Gasteiger partial charge in [0, 0.05) is 16.2 Å². The maximum absolute atomic E-state index is 12.6. The summed E-state index contributed by atoms with van der Waals surface area (Å²) in [5, 5.41) is 2.58. The molecule has 3 rings (SSSR count). The highest BCUT2D eigenvalue weighted by Crippen LogP contribution is 2.40. The normalized spacial score (nSPS) is 16.0. The van der Waals surface area contributed by atoms with Crippen LogP contribution in [0.1, 0.15) is 12.5 Å².